The Labute approximate surface area is 118 Å². The van der Waals surface area contributed by atoms with Gasteiger partial charge >= 0.3 is 0 Å². The first kappa shape index (κ1) is 12.5. The van der Waals surface area contributed by atoms with Crippen molar-refractivity contribution in [2.45, 2.75) is 18.9 Å². The Hall–Kier alpha value is -1.54. The van der Waals surface area contributed by atoms with E-state index in [-0.39, 0.29) is 5.91 Å². The molecule has 0 N–H and O–H groups in total. The molecular weight excluding hydrogens is 258 g/mol. The molecule has 2 nitrogen and oxygen atoms in total. The monoisotopic (exact) mass is 273 g/mol. The first-order chi connectivity index (χ1) is 9.31. The number of carbonyl (C=O) groups is 1. The molecule has 1 aliphatic carbocycles. The van der Waals surface area contributed by atoms with Gasteiger partial charge < -0.3 is 4.90 Å². The van der Waals surface area contributed by atoms with E-state index in [2.05, 4.69) is 0 Å². The summed E-state index contributed by atoms with van der Waals surface area (Å²) in [5.74, 6) is 0.604. The average Bonchev–Trinajstić information content (AvgIpc) is 3.28. The number of nitrogens with zero attached hydrogens (tertiary/aromatic N) is 1. The fourth-order valence-electron chi connectivity index (χ4n) is 2.49. The zero-order valence-electron chi connectivity index (χ0n) is 10.7. The van der Waals surface area contributed by atoms with E-state index in [0.29, 0.717) is 18.5 Å². The minimum atomic E-state index is 0.111. The van der Waals surface area contributed by atoms with E-state index in [1.807, 2.05) is 47.4 Å². The number of amides is 1. The van der Waals surface area contributed by atoms with Gasteiger partial charge in [0.05, 0.1) is 0 Å². The third kappa shape index (κ3) is 2.45. The summed E-state index contributed by atoms with van der Waals surface area (Å²) < 4.78 is 0. The molecule has 1 amide bonds. The minimum Gasteiger partial charge on any atom is -0.334 e. The summed E-state index contributed by atoms with van der Waals surface area (Å²) in [6, 6.07) is 14.3. The molecule has 2 aromatic carbocycles. The zero-order chi connectivity index (χ0) is 13.2. The number of halogens is 1. The summed E-state index contributed by atoms with van der Waals surface area (Å²) in [7, 11) is 0. The largest absolute Gasteiger partial charge is 0.334 e. The highest BCUT2D eigenvalue weighted by atomic mass is 35.5. The second kappa shape index (κ2) is 5.22. The van der Waals surface area contributed by atoms with Gasteiger partial charge in [-0.05, 0) is 29.7 Å². The van der Waals surface area contributed by atoms with Gasteiger partial charge in [0.15, 0.2) is 0 Å². The molecule has 19 heavy (non-hydrogen) atoms. The zero-order valence-corrected chi connectivity index (χ0v) is 11.4. The maximum absolute atomic E-state index is 12.7. The van der Waals surface area contributed by atoms with Gasteiger partial charge in [-0.2, -0.15) is 0 Å². The van der Waals surface area contributed by atoms with Crippen molar-refractivity contribution in [3.8, 4) is 0 Å². The molecule has 0 spiro atoms. The van der Waals surface area contributed by atoms with Crippen LogP contribution in [0.2, 0.25) is 0 Å². The maximum Gasteiger partial charge on any atom is 0.254 e. The highest BCUT2D eigenvalue weighted by molar-refractivity contribution is 6.18. The molecule has 0 saturated heterocycles. The van der Waals surface area contributed by atoms with Crippen LogP contribution in [0.1, 0.15) is 23.2 Å². The SMILES string of the molecule is O=C(c1cccc2ccccc12)N(CCCl)C1CC1. The predicted molar refractivity (Wildman–Crippen MR) is 78.7 cm³/mol. The smallest absolute Gasteiger partial charge is 0.254 e. The van der Waals surface area contributed by atoms with Gasteiger partial charge in [0.2, 0.25) is 0 Å². The number of carbonyl (C=O) groups excluding carboxylic acids is 1. The minimum absolute atomic E-state index is 0.111. The average molecular weight is 274 g/mol. The summed E-state index contributed by atoms with van der Waals surface area (Å²) in [6.07, 6.45) is 2.21. The van der Waals surface area contributed by atoms with Crippen LogP contribution in [-0.2, 0) is 0 Å². The molecular formula is C16H16ClNO. The van der Waals surface area contributed by atoms with Gasteiger partial charge in [-0.1, -0.05) is 36.4 Å². The van der Waals surface area contributed by atoms with E-state index in [1.165, 1.54) is 0 Å². The Kier molecular flexibility index (Phi) is 3.43. The van der Waals surface area contributed by atoms with Gasteiger partial charge in [0.1, 0.15) is 0 Å². The maximum atomic E-state index is 12.7. The van der Waals surface area contributed by atoms with Gasteiger partial charge in [-0.15, -0.1) is 11.6 Å². The Morgan fingerprint density at radius 1 is 1.16 bits per heavy atom. The van der Waals surface area contributed by atoms with E-state index in [1.54, 1.807) is 0 Å². The van der Waals surface area contributed by atoms with E-state index in [0.717, 1.165) is 29.2 Å². The predicted octanol–water partition coefficient (Wildman–Crippen LogP) is 3.68. The van der Waals surface area contributed by atoms with E-state index in [9.17, 15) is 4.79 Å². The van der Waals surface area contributed by atoms with Crippen LogP contribution in [0.4, 0.5) is 0 Å². The van der Waals surface area contributed by atoms with Crippen LogP contribution in [0.3, 0.4) is 0 Å². The second-order valence-corrected chi connectivity index (χ2v) is 5.32. The first-order valence-corrected chi connectivity index (χ1v) is 7.19. The first-order valence-electron chi connectivity index (χ1n) is 6.66. The van der Waals surface area contributed by atoms with Crippen LogP contribution in [0.25, 0.3) is 10.8 Å². The van der Waals surface area contributed by atoms with E-state index < -0.39 is 0 Å². The Balaban J connectivity index is 2.00. The quantitative estimate of drug-likeness (QED) is 0.778. The van der Waals surface area contributed by atoms with Crippen LogP contribution in [0.5, 0.6) is 0 Å². The molecule has 1 fully saturated rings. The highest BCUT2D eigenvalue weighted by Gasteiger charge is 2.32. The number of fused-ring (bicyclic) bond motifs is 1. The van der Waals surface area contributed by atoms with Gasteiger partial charge in [-0.25, -0.2) is 0 Å². The summed E-state index contributed by atoms with van der Waals surface area (Å²) >= 11 is 5.82. The van der Waals surface area contributed by atoms with Crippen molar-refractivity contribution in [3.05, 3.63) is 48.0 Å². The molecule has 0 aliphatic heterocycles. The molecule has 3 rings (SSSR count). The van der Waals surface area contributed by atoms with Crippen LogP contribution in [-0.4, -0.2) is 29.3 Å². The summed E-state index contributed by atoms with van der Waals surface area (Å²) in [6.45, 7) is 0.633. The molecule has 2 aromatic rings. The molecule has 0 radical (unpaired) electrons. The summed E-state index contributed by atoms with van der Waals surface area (Å²) in [5.41, 5.74) is 0.787. The Bertz CT molecular complexity index is 601. The molecule has 0 aromatic heterocycles. The normalized spacial score (nSPS) is 14.6. The van der Waals surface area contributed by atoms with Crippen molar-refractivity contribution in [1.82, 2.24) is 4.90 Å². The molecule has 1 aliphatic rings. The Morgan fingerprint density at radius 2 is 1.89 bits per heavy atom. The number of hydrogen-bond donors (Lipinski definition) is 0. The molecule has 0 heterocycles. The molecule has 3 heteroatoms. The number of hydrogen-bond acceptors (Lipinski definition) is 1. The van der Waals surface area contributed by atoms with Crippen molar-refractivity contribution in [1.29, 1.82) is 0 Å². The molecule has 0 unspecified atom stereocenters. The lowest BCUT2D eigenvalue weighted by Crippen LogP contribution is -2.34. The van der Waals surface area contributed by atoms with Crippen molar-refractivity contribution in [3.63, 3.8) is 0 Å². The number of alkyl halides is 1. The standard InChI is InChI=1S/C16H16ClNO/c17-10-11-18(13-8-9-13)16(19)15-7-3-5-12-4-1-2-6-14(12)15/h1-7,13H,8-11H2. The highest BCUT2D eigenvalue weighted by Crippen LogP contribution is 2.29. The topological polar surface area (TPSA) is 20.3 Å². The van der Waals surface area contributed by atoms with Crippen LogP contribution < -0.4 is 0 Å². The lowest BCUT2D eigenvalue weighted by atomic mass is 10.0. The number of benzene rings is 2. The van der Waals surface area contributed by atoms with Crippen LogP contribution in [0.15, 0.2) is 42.5 Å². The van der Waals surface area contributed by atoms with Crippen molar-refractivity contribution >= 4 is 28.3 Å². The van der Waals surface area contributed by atoms with Crippen molar-refractivity contribution in [2.75, 3.05) is 12.4 Å². The van der Waals surface area contributed by atoms with Gasteiger partial charge in [0.25, 0.3) is 5.91 Å². The second-order valence-electron chi connectivity index (χ2n) is 4.95. The Morgan fingerprint density at radius 3 is 2.63 bits per heavy atom. The lowest BCUT2D eigenvalue weighted by Gasteiger charge is -2.22. The summed E-state index contributed by atoms with van der Waals surface area (Å²) in [5, 5.41) is 2.13. The van der Waals surface area contributed by atoms with Gasteiger partial charge in [-0.3, -0.25) is 4.79 Å². The fraction of sp³-hybridized carbons (Fsp3) is 0.312. The van der Waals surface area contributed by atoms with E-state index >= 15 is 0 Å². The van der Waals surface area contributed by atoms with E-state index in [4.69, 9.17) is 11.6 Å². The molecule has 98 valence electrons. The summed E-state index contributed by atoms with van der Waals surface area (Å²) in [4.78, 5) is 14.6. The van der Waals surface area contributed by atoms with Gasteiger partial charge in [0, 0.05) is 24.0 Å². The molecule has 1 saturated carbocycles. The van der Waals surface area contributed by atoms with Crippen molar-refractivity contribution in [2.24, 2.45) is 0 Å². The van der Waals surface area contributed by atoms with Crippen LogP contribution in [0, 0.1) is 0 Å². The molecule has 0 bridgehead atoms. The number of rotatable bonds is 4. The third-order valence-electron chi connectivity index (χ3n) is 3.59. The van der Waals surface area contributed by atoms with Crippen molar-refractivity contribution < 1.29 is 4.79 Å². The van der Waals surface area contributed by atoms with Crippen LogP contribution >= 0.6 is 11.6 Å². The third-order valence-corrected chi connectivity index (χ3v) is 3.76. The lowest BCUT2D eigenvalue weighted by molar-refractivity contribution is 0.0755. The molecule has 0 atom stereocenters. The fourth-order valence-corrected chi connectivity index (χ4v) is 2.68.